The zero-order chi connectivity index (χ0) is 24.6. The Kier molecular flexibility index (Phi) is 6.58. The number of hydrogen-bond donors (Lipinski definition) is 4. The van der Waals surface area contributed by atoms with Crippen molar-refractivity contribution in [1.29, 1.82) is 0 Å². The molecule has 0 unspecified atom stereocenters. The summed E-state index contributed by atoms with van der Waals surface area (Å²) in [7, 11) is 0. The van der Waals surface area contributed by atoms with Gasteiger partial charge in [0.2, 0.25) is 11.8 Å². The van der Waals surface area contributed by atoms with E-state index in [1.165, 1.54) is 24.3 Å². The zero-order valence-corrected chi connectivity index (χ0v) is 18.8. The lowest BCUT2D eigenvalue weighted by Gasteiger charge is -2.43. The van der Waals surface area contributed by atoms with Crippen LogP contribution in [-0.4, -0.2) is 22.2 Å². The quantitative estimate of drug-likeness (QED) is 0.367. The molecule has 3 aliphatic carbocycles. The number of fused-ring (bicyclic) bond motifs is 2. The van der Waals surface area contributed by atoms with E-state index in [0.29, 0.717) is 22.5 Å². The Hall–Kier alpha value is -3.44. The summed E-state index contributed by atoms with van der Waals surface area (Å²) < 4.78 is 0. The van der Waals surface area contributed by atoms with Crippen molar-refractivity contribution in [3.8, 4) is 0 Å². The number of carbonyl (C=O) groups excluding carboxylic acids is 2. The summed E-state index contributed by atoms with van der Waals surface area (Å²) in [5.74, 6) is -1.89. The van der Waals surface area contributed by atoms with Gasteiger partial charge in [0, 0.05) is 11.4 Å². The van der Waals surface area contributed by atoms with Gasteiger partial charge in [0.1, 0.15) is 0 Å². The van der Waals surface area contributed by atoms with E-state index in [1.54, 1.807) is 26.0 Å². The maximum atomic E-state index is 13.4. The van der Waals surface area contributed by atoms with Crippen LogP contribution in [0.25, 0.3) is 0 Å². The molecule has 0 aromatic heterocycles. The van der Waals surface area contributed by atoms with E-state index in [9.17, 15) is 20.0 Å². The monoisotopic (exact) mass is 466 g/mol. The molecule has 3 aliphatic rings. The number of aryl methyl sites for hydroxylation is 2. The van der Waals surface area contributed by atoms with Crippen LogP contribution < -0.4 is 21.1 Å². The van der Waals surface area contributed by atoms with Crippen molar-refractivity contribution in [3.05, 3.63) is 70.1 Å². The Labute approximate surface area is 196 Å². The second-order valence-electron chi connectivity index (χ2n) is 8.86. The minimum Gasteiger partial charge on any atom is -0.733 e. The minimum absolute atomic E-state index is 0.0510. The molecule has 4 N–H and O–H groups in total. The van der Waals surface area contributed by atoms with Crippen molar-refractivity contribution >= 4 is 34.6 Å². The third-order valence-corrected chi connectivity index (χ3v) is 6.73. The van der Waals surface area contributed by atoms with Crippen LogP contribution in [0.3, 0.4) is 0 Å². The summed E-state index contributed by atoms with van der Waals surface area (Å²) in [5.41, 5.74) is 2.30. The molecule has 0 aliphatic heterocycles. The van der Waals surface area contributed by atoms with Gasteiger partial charge in [-0.15, -0.1) is 0 Å². The number of hydrogen-bond acceptors (Lipinski definition) is 8. The highest BCUT2D eigenvalue weighted by atomic mass is 16.8. The predicted molar refractivity (Wildman–Crippen MR) is 127 cm³/mol. The van der Waals surface area contributed by atoms with E-state index in [2.05, 4.69) is 10.6 Å². The van der Waals surface area contributed by atoms with E-state index < -0.39 is 11.8 Å². The molecule has 0 saturated heterocycles. The van der Waals surface area contributed by atoms with Crippen molar-refractivity contribution in [2.45, 2.75) is 26.7 Å². The maximum Gasteiger partial charge on any atom is 0.228 e. The first kappa shape index (κ1) is 23.7. The number of rotatable bonds is 6. The molecule has 180 valence electrons. The number of amides is 2. The van der Waals surface area contributed by atoms with Crippen molar-refractivity contribution in [3.63, 3.8) is 0 Å². The number of anilines is 4. The molecular formula is C24H26N4O6-2. The number of allylic oxidation sites excluding steroid dienone is 2. The van der Waals surface area contributed by atoms with Crippen LogP contribution in [0.5, 0.6) is 0 Å². The van der Waals surface area contributed by atoms with Gasteiger partial charge >= 0.3 is 0 Å². The fourth-order valence-corrected chi connectivity index (χ4v) is 4.96. The topological polar surface area (TPSA) is 151 Å². The Bertz CT molecular complexity index is 1040. The van der Waals surface area contributed by atoms with E-state index in [0.717, 1.165) is 12.8 Å². The number of benzene rings is 2. The number of nitrogens with one attached hydrogen (secondary N) is 2. The molecule has 34 heavy (non-hydrogen) atoms. The third-order valence-electron chi connectivity index (χ3n) is 6.73. The summed E-state index contributed by atoms with van der Waals surface area (Å²) in [6.07, 6.45) is 5.62. The average molecular weight is 466 g/mol. The molecule has 10 heteroatoms. The molecule has 0 spiro atoms. The first-order valence-corrected chi connectivity index (χ1v) is 11.0. The van der Waals surface area contributed by atoms with Gasteiger partial charge in [-0.2, -0.15) is 0 Å². The molecule has 2 aromatic carbocycles. The van der Waals surface area contributed by atoms with Crippen LogP contribution in [0, 0.1) is 47.9 Å². The average Bonchev–Trinajstić information content (AvgIpc) is 2.81. The van der Waals surface area contributed by atoms with Gasteiger partial charge in [-0.25, -0.2) is 0 Å². The van der Waals surface area contributed by atoms with Gasteiger partial charge in [0.05, 0.1) is 23.2 Å². The van der Waals surface area contributed by atoms with Crippen LogP contribution >= 0.6 is 0 Å². The standard InChI is InChI=1S/C24H26N4O6/c1-13-11-17(27(31)32)7-9-19(13)25-23(29)21-15-3-5-16(6-4-15)22(21)24(30)26-20-10-8-18(28(33)34)12-14(20)2/h3,5,7-12,15-16,21-22,31,33H,4,6H2,1-2H3,(H,25,29)(H,26,30)/q-2/t15-,16-,21-,22-/m1/s1. The summed E-state index contributed by atoms with van der Waals surface area (Å²) >= 11 is 0. The fraction of sp³-hybridized carbons (Fsp3) is 0.333. The molecule has 2 amide bonds. The van der Waals surface area contributed by atoms with Crippen molar-refractivity contribution in [2.24, 2.45) is 23.7 Å². The minimum atomic E-state index is -0.578. The summed E-state index contributed by atoms with van der Waals surface area (Å²) in [6, 6.07) is 8.80. The maximum absolute atomic E-state index is 13.4. The molecule has 0 heterocycles. The van der Waals surface area contributed by atoms with Gasteiger partial charge in [0.25, 0.3) is 0 Å². The Morgan fingerprint density at radius 3 is 1.47 bits per heavy atom. The van der Waals surface area contributed by atoms with Crippen LogP contribution in [0.4, 0.5) is 22.7 Å². The molecule has 0 radical (unpaired) electrons. The van der Waals surface area contributed by atoms with E-state index in [1.807, 2.05) is 12.2 Å². The second kappa shape index (κ2) is 9.43. The lowest BCUT2D eigenvalue weighted by Crippen LogP contribution is -2.48. The van der Waals surface area contributed by atoms with Gasteiger partial charge < -0.3 is 31.5 Å². The highest BCUT2D eigenvalue weighted by Gasteiger charge is 2.48. The van der Waals surface area contributed by atoms with Crippen molar-refractivity contribution in [2.75, 3.05) is 21.1 Å². The lowest BCUT2D eigenvalue weighted by atomic mass is 9.61. The van der Waals surface area contributed by atoms with Gasteiger partial charge in [-0.1, -0.05) is 12.2 Å². The number of carbonyl (C=O) groups is 2. The van der Waals surface area contributed by atoms with E-state index in [4.69, 9.17) is 10.4 Å². The smallest absolute Gasteiger partial charge is 0.228 e. The van der Waals surface area contributed by atoms with Crippen LogP contribution in [0.2, 0.25) is 0 Å². The van der Waals surface area contributed by atoms with Crippen molar-refractivity contribution < 1.29 is 20.0 Å². The Balaban J connectivity index is 1.55. The molecular weight excluding hydrogens is 440 g/mol. The van der Waals surface area contributed by atoms with Crippen LogP contribution in [0.15, 0.2) is 48.6 Å². The summed E-state index contributed by atoms with van der Waals surface area (Å²) in [4.78, 5) is 26.7. The first-order chi connectivity index (χ1) is 16.2. The molecule has 4 atom stereocenters. The second-order valence-corrected chi connectivity index (χ2v) is 8.86. The molecule has 1 saturated carbocycles. The first-order valence-electron chi connectivity index (χ1n) is 11.0. The molecule has 1 fully saturated rings. The van der Waals surface area contributed by atoms with Gasteiger partial charge in [-0.3, -0.25) is 20.0 Å². The van der Waals surface area contributed by atoms with Crippen LogP contribution in [-0.2, 0) is 9.59 Å². The number of nitrogens with zero attached hydrogens (tertiary/aromatic N) is 2. The Morgan fingerprint density at radius 2 is 1.18 bits per heavy atom. The normalized spacial score (nSPS) is 22.9. The highest BCUT2D eigenvalue weighted by molar-refractivity contribution is 6.01. The highest BCUT2D eigenvalue weighted by Crippen LogP contribution is 2.46. The SMILES string of the molecule is Cc1cc(N([O-])O)ccc1NC(=O)[C@H]1[C@H](C(=O)Nc2ccc(N([O-])O)cc2C)[C@@H]2C=C[C@@H]1CC2. The van der Waals surface area contributed by atoms with E-state index >= 15 is 0 Å². The lowest BCUT2D eigenvalue weighted by molar-refractivity contribution is -0.134. The van der Waals surface area contributed by atoms with E-state index in [-0.39, 0.29) is 45.5 Å². The predicted octanol–water partition coefficient (Wildman–Crippen LogP) is 4.10. The molecule has 2 bridgehead atoms. The molecule has 2 aromatic rings. The fourth-order valence-electron chi connectivity index (χ4n) is 4.96. The molecule has 5 rings (SSSR count). The van der Waals surface area contributed by atoms with Crippen LogP contribution in [0.1, 0.15) is 24.0 Å². The summed E-state index contributed by atoms with van der Waals surface area (Å²) in [6.45, 7) is 3.42. The van der Waals surface area contributed by atoms with Crippen molar-refractivity contribution in [1.82, 2.24) is 0 Å². The zero-order valence-electron chi connectivity index (χ0n) is 18.8. The molecule has 10 nitrogen and oxygen atoms in total. The summed E-state index contributed by atoms with van der Waals surface area (Å²) in [5, 5.41) is 45.7. The van der Waals surface area contributed by atoms with Gasteiger partial charge in [0.15, 0.2) is 0 Å². The third kappa shape index (κ3) is 4.62. The van der Waals surface area contributed by atoms with Gasteiger partial charge in [-0.05, 0) is 86.1 Å². The Morgan fingerprint density at radius 1 is 0.794 bits per heavy atom. The largest absolute Gasteiger partial charge is 0.733 e.